The van der Waals surface area contributed by atoms with E-state index in [0.717, 1.165) is 15.9 Å². The van der Waals surface area contributed by atoms with E-state index in [9.17, 15) is 18.8 Å². The van der Waals surface area contributed by atoms with Gasteiger partial charge in [0.25, 0.3) is 5.91 Å². The molecule has 0 aliphatic carbocycles. The van der Waals surface area contributed by atoms with E-state index in [2.05, 4.69) is 10.4 Å². The van der Waals surface area contributed by atoms with Crippen LogP contribution in [0.5, 0.6) is 0 Å². The molecule has 0 unspecified atom stereocenters. The number of nitrogens with one attached hydrogen (secondary N) is 1. The fourth-order valence-electron chi connectivity index (χ4n) is 3.80. The second-order valence-corrected chi connectivity index (χ2v) is 8.94. The van der Waals surface area contributed by atoms with Crippen LogP contribution >= 0.6 is 11.3 Å². The number of likely N-dealkylation sites (tertiary alicyclic amines) is 1. The van der Waals surface area contributed by atoms with Gasteiger partial charge >= 0.3 is 12.1 Å². The molecule has 3 heterocycles. The summed E-state index contributed by atoms with van der Waals surface area (Å²) in [5.41, 5.74) is 1.40. The summed E-state index contributed by atoms with van der Waals surface area (Å²) in [7, 11) is 0. The fraction of sp³-hybridized carbons (Fsp3) is 0.391. The van der Waals surface area contributed by atoms with E-state index in [-0.39, 0.29) is 18.0 Å². The van der Waals surface area contributed by atoms with E-state index in [1.165, 1.54) is 23.5 Å². The van der Waals surface area contributed by atoms with Crippen LogP contribution in [0.25, 0.3) is 15.9 Å². The molecule has 9 nitrogen and oxygen atoms in total. The van der Waals surface area contributed by atoms with Gasteiger partial charge in [0, 0.05) is 24.5 Å². The number of aromatic nitrogens is 2. The molecule has 1 N–H and O–H groups in total. The van der Waals surface area contributed by atoms with Gasteiger partial charge in [0.15, 0.2) is 6.61 Å². The second-order valence-electron chi connectivity index (χ2n) is 7.91. The molecular formula is C23H25FN4O5S. The molecule has 2 amide bonds. The van der Waals surface area contributed by atoms with Crippen LogP contribution in [0.2, 0.25) is 0 Å². The first-order chi connectivity index (χ1) is 16.4. The summed E-state index contributed by atoms with van der Waals surface area (Å²) < 4.78 is 25.1. The first kappa shape index (κ1) is 23.7. The minimum absolute atomic E-state index is 0.0921. The molecular weight excluding hydrogens is 463 g/mol. The summed E-state index contributed by atoms with van der Waals surface area (Å²) in [5, 5.41) is 8.11. The molecule has 1 saturated heterocycles. The lowest BCUT2D eigenvalue weighted by Gasteiger charge is -2.31. The van der Waals surface area contributed by atoms with Gasteiger partial charge < -0.3 is 19.7 Å². The monoisotopic (exact) mass is 488 g/mol. The average Bonchev–Trinajstić information content (AvgIpc) is 3.39. The molecule has 0 spiro atoms. The Hall–Kier alpha value is -3.47. The maximum absolute atomic E-state index is 13.3. The Morgan fingerprint density at radius 2 is 1.88 bits per heavy atom. The predicted molar refractivity (Wildman–Crippen MR) is 124 cm³/mol. The number of halogens is 1. The van der Waals surface area contributed by atoms with Crippen molar-refractivity contribution < 1.29 is 28.2 Å². The molecule has 11 heteroatoms. The lowest BCUT2D eigenvalue weighted by Crippen LogP contribution is -2.47. The van der Waals surface area contributed by atoms with Crippen LogP contribution in [0.3, 0.4) is 0 Å². The van der Waals surface area contributed by atoms with E-state index in [1.807, 2.05) is 6.92 Å². The van der Waals surface area contributed by atoms with E-state index in [0.29, 0.717) is 43.1 Å². The van der Waals surface area contributed by atoms with Crippen molar-refractivity contribution in [2.45, 2.75) is 32.7 Å². The Morgan fingerprint density at radius 1 is 1.18 bits per heavy atom. The number of fused-ring (bicyclic) bond motifs is 1. The third-order valence-corrected chi connectivity index (χ3v) is 6.63. The van der Waals surface area contributed by atoms with Gasteiger partial charge in [-0.25, -0.2) is 18.7 Å². The number of rotatable bonds is 6. The second kappa shape index (κ2) is 10.2. The molecule has 1 aliphatic rings. The third kappa shape index (κ3) is 5.19. The summed E-state index contributed by atoms with van der Waals surface area (Å²) in [5.74, 6) is -1.33. The molecule has 1 fully saturated rings. The van der Waals surface area contributed by atoms with Crippen molar-refractivity contribution in [2.75, 3.05) is 26.3 Å². The molecule has 180 valence electrons. The van der Waals surface area contributed by atoms with E-state index >= 15 is 0 Å². The van der Waals surface area contributed by atoms with Gasteiger partial charge in [-0.15, -0.1) is 11.3 Å². The zero-order chi connectivity index (χ0) is 24.2. The number of nitrogens with zero attached hydrogens (tertiary/aromatic N) is 3. The number of aryl methyl sites for hydroxylation is 1. The largest absolute Gasteiger partial charge is 0.451 e. The number of esters is 1. The van der Waals surface area contributed by atoms with Crippen molar-refractivity contribution in [2.24, 2.45) is 0 Å². The number of amides is 2. The SMILES string of the molecule is CCOC(=O)N1CCC(NC(=O)COC(=O)c2cc3c(C)nn(-c4ccc(F)cc4)c3s2)CC1. The molecule has 1 aliphatic heterocycles. The van der Waals surface area contributed by atoms with Crippen LogP contribution < -0.4 is 5.32 Å². The highest BCUT2D eigenvalue weighted by Gasteiger charge is 2.25. The molecule has 34 heavy (non-hydrogen) atoms. The lowest BCUT2D eigenvalue weighted by atomic mass is 10.1. The normalized spacial score (nSPS) is 14.3. The van der Waals surface area contributed by atoms with Crippen LogP contribution in [-0.2, 0) is 14.3 Å². The van der Waals surface area contributed by atoms with Crippen LogP contribution in [0.15, 0.2) is 30.3 Å². The van der Waals surface area contributed by atoms with Crippen molar-refractivity contribution in [3.63, 3.8) is 0 Å². The van der Waals surface area contributed by atoms with Gasteiger partial charge in [-0.2, -0.15) is 5.10 Å². The molecule has 1 aromatic carbocycles. The molecule has 4 rings (SSSR count). The minimum atomic E-state index is -0.599. The van der Waals surface area contributed by atoms with Crippen LogP contribution in [0.4, 0.5) is 9.18 Å². The summed E-state index contributed by atoms with van der Waals surface area (Å²) in [6.45, 7) is 4.50. The maximum atomic E-state index is 13.3. The Bertz CT molecular complexity index is 1200. The number of thiophene rings is 1. The number of carbonyl (C=O) groups excluding carboxylic acids is 3. The Labute approximate surface area is 199 Å². The highest BCUT2D eigenvalue weighted by molar-refractivity contribution is 7.20. The molecule has 0 radical (unpaired) electrons. The number of hydrogen-bond donors (Lipinski definition) is 1. The fourth-order valence-corrected chi connectivity index (χ4v) is 4.87. The zero-order valence-corrected chi connectivity index (χ0v) is 19.7. The number of ether oxygens (including phenoxy) is 2. The quantitative estimate of drug-likeness (QED) is 0.534. The van der Waals surface area contributed by atoms with E-state index < -0.39 is 18.5 Å². The van der Waals surface area contributed by atoms with Gasteiger partial charge in [-0.05, 0) is 57.0 Å². The third-order valence-electron chi connectivity index (χ3n) is 5.54. The zero-order valence-electron chi connectivity index (χ0n) is 18.9. The standard InChI is InChI=1S/C23H25FN4O5S/c1-3-32-23(31)27-10-8-16(9-11-27)25-20(29)13-33-22(30)19-12-18-14(2)26-28(21(18)34-19)17-6-4-15(24)5-7-17/h4-7,12,16H,3,8-11,13H2,1-2H3,(H,25,29). The van der Waals surface area contributed by atoms with Gasteiger partial charge in [-0.3, -0.25) is 4.79 Å². The van der Waals surface area contributed by atoms with Crippen LogP contribution in [0, 0.1) is 12.7 Å². The number of benzene rings is 1. The molecule has 0 bridgehead atoms. The van der Waals surface area contributed by atoms with Gasteiger partial charge in [0.1, 0.15) is 15.5 Å². The number of piperidine rings is 1. The Balaban J connectivity index is 1.32. The number of carbonyl (C=O) groups is 3. The van der Waals surface area contributed by atoms with Crippen molar-refractivity contribution in [3.8, 4) is 5.69 Å². The van der Waals surface area contributed by atoms with Gasteiger partial charge in [-0.1, -0.05) is 0 Å². The summed E-state index contributed by atoms with van der Waals surface area (Å²) in [6.07, 6.45) is 0.865. The maximum Gasteiger partial charge on any atom is 0.409 e. The molecule has 3 aromatic rings. The van der Waals surface area contributed by atoms with E-state index in [4.69, 9.17) is 9.47 Å². The number of hydrogen-bond acceptors (Lipinski definition) is 7. The van der Waals surface area contributed by atoms with E-state index in [1.54, 1.807) is 34.7 Å². The minimum Gasteiger partial charge on any atom is -0.451 e. The highest BCUT2D eigenvalue weighted by atomic mass is 32.1. The van der Waals surface area contributed by atoms with Crippen molar-refractivity contribution in [1.82, 2.24) is 20.0 Å². The Morgan fingerprint density at radius 3 is 2.56 bits per heavy atom. The van der Waals surface area contributed by atoms with Crippen LogP contribution in [0.1, 0.15) is 35.1 Å². The smallest absolute Gasteiger partial charge is 0.409 e. The van der Waals surface area contributed by atoms with Crippen molar-refractivity contribution in [1.29, 1.82) is 0 Å². The summed E-state index contributed by atoms with van der Waals surface area (Å²) in [6, 6.07) is 7.51. The first-order valence-electron chi connectivity index (χ1n) is 11.0. The van der Waals surface area contributed by atoms with Crippen molar-refractivity contribution >= 4 is 39.5 Å². The average molecular weight is 489 g/mol. The van der Waals surface area contributed by atoms with Gasteiger partial charge in [0.05, 0.1) is 18.0 Å². The first-order valence-corrected chi connectivity index (χ1v) is 11.8. The Kier molecular flexibility index (Phi) is 7.11. The van der Waals surface area contributed by atoms with Crippen LogP contribution in [-0.4, -0.2) is 65.0 Å². The predicted octanol–water partition coefficient (Wildman–Crippen LogP) is 3.43. The topological polar surface area (TPSA) is 103 Å². The summed E-state index contributed by atoms with van der Waals surface area (Å²) >= 11 is 1.20. The van der Waals surface area contributed by atoms with Gasteiger partial charge in [0.2, 0.25) is 0 Å². The lowest BCUT2D eigenvalue weighted by molar-refractivity contribution is -0.125. The van der Waals surface area contributed by atoms with Crippen molar-refractivity contribution in [3.05, 3.63) is 46.7 Å². The summed E-state index contributed by atoms with van der Waals surface area (Å²) in [4.78, 5) is 39.3. The molecule has 2 aromatic heterocycles. The molecule has 0 saturated carbocycles. The molecule has 0 atom stereocenters. The highest BCUT2D eigenvalue weighted by Crippen LogP contribution is 2.30.